The van der Waals surface area contributed by atoms with Crippen LogP contribution in [0, 0.1) is 10.1 Å². The van der Waals surface area contributed by atoms with Gasteiger partial charge in [-0.2, -0.15) is 13.5 Å². The first kappa shape index (κ1) is 26.3. The number of hydrogen-bond donors (Lipinski definition) is 1. The number of carbonyl (C=O) groups excluding carboxylic acids is 1. The Kier molecular flexibility index (Phi) is 7.08. The number of nitro groups is 1. The number of amides is 1. The first-order chi connectivity index (χ1) is 19.2. The summed E-state index contributed by atoms with van der Waals surface area (Å²) in [5.41, 5.74) is 3.49. The fourth-order valence-electron chi connectivity index (χ4n) is 4.16. The van der Waals surface area contributed by atoms with E-state index in [1.165, 1.54) is 12.3 Å². The topological polar surface area (TPSA) is 150 Å². The fraction of sp³-hybridized carbons (Fsp3) is 0.0357. The molecule has 0 aliphatic heterocycles. The lowest BCUT2D eigenvalue weighted by molar-refractivity contribution is -0.384. The maximum absolute atomic E-state index is 12.9. The van der Waals surface area contributed by atoms with E-state index in [1.807, 2.05) is 0 Å². The van der Waals surface area contributed by atoms with E-state index < -0.39 is 20.9 Å². The van der Waals surface area contributed by atoms with Crippen molar-refractivity contribution in [2.75, 3.05) is 0 Å². The Labute approximate surface area is 227 Å². The number of hydrogen-bond acceptors (Lipinski definition) is 8. The van der Waals surface area contributed by atoms with Crippen LogP contribution in [0.1, 0.15) is 5.56 Å². The molecule has 12 heteroatoms. The number of nitro benzene ring substituents is 1. The molecule has 0 atom stereocenters. The zero-order valence-electron chi connectivity index (χ0n) is 20.6. The Morgan fingerprint density at radius 3 is 2.10 bits per heavy atom. The number of aromatic nitrogens is 1. The van der Waals surface area contributed by atoms with Gasteiger partial charge in [-0.15, -0.1) is 0 Å². The van der Waals surface area contributed by atoms with Gasteiger partial charge in [0.15, 0.2) is 11.2 Å². The van der Waals surface area contributed by atoms with Crippen LogP contribution < -0.4 is 15.0 Å². The molecule has 1 heterocycles. The van der Waals surface area contributed by atoms with E-state index in [0.717, 1.165) is 24.3 Å². The van der Waals surface area contributed by atoms with Crippen molar-refractivity contribution < 1.29 is 22.3 Å². The number of non-ortho nitro benzene ring substituents is 1. The Balaban J connectivity index is 1.35. The Hall–Kier alpha value is -5.36. The van der Waals surface area contributed by atoms with E-state index in [2.05, 4.69) is 10.5 Å². The largest absolute Gasteiger partial charge is 0.378 e. The first-order valence-electron chi connectivity index (χ1n) is 11.8. The lowest BCUT2D eigenvalue weighted by Crippen LogP contribution is -2.25. The fourth-order valence-corrected chi connectivity index (χ4v) is 5.12. The molecule has 0 radical (unpaired) electrons. The van der Waals surface area contributed by atoms with Crippen molar-refractivity contribution in [3.8, 4) is 5.75 Å². The molecule has 0 unspecified atom stereocenters. The Morgan fingerprint density at radius 1 is 0.900 bits per heavy atom. The predicted molar refractivity (Wildman–Crippen MR) is 149 cm³/mol. The van der Waals surface area contributed by atoms with Gasteiger partial charge < -0.3 is 8.75 Å². The normalized spacial score (nSPS) is 11.6. The highest BCUT2D eigenvalue weighted by Crippen LogP contribution is 2.23. The summed E-state index contributed by atoms with van der Waals surface area (Å²) in [7, 11) is -4.31. The number of nitrogens with one attached hydrogen (secondary N) is 1. The van der Waals surface area contributed by atoms with Gasteiger partial charge in [0, 0.05) is 28.5 Å². The van der Waals surface area contributed by atoms with Crippen LogP contribution in [0.4, 0.5) is 5.69 Å². The van der Waals surface area contributed by atoms with Crippen molar-refractivity contribution in [3.05, 3.63) is 123 Å². The monoisotopic (exact) mass is 556 g/mol. The molecule has 5 rings (SSSR count). The highest BCUT2D eigenvalue weighted by Gasteiger charge is 2.19. The molecule has 200 valence electrons. The summed E-state index contributed by atoms with van der Waals surface area (Å²) in [6.07, 6.45) is 1.24. The van der Waals surface area contributed by atoms with Crippen LogP contribution in [0.2, 0.25) is 0 Å². The van der Waals surface area contributed by atoms with Crippen molar-refractivity contribution >= 4 is 49.7 Å². The lowest BCUT2D eigenvalue weighted by atomic mass is 10.1. The Bertz CT molecular complexity index is 1910. The average Bonchev–Trinajstić information content (AvgIpc) is 2.96. The minimum atomic E-state index is -4.31. The van der Waals surface area contributed by atoms with Crippen LogP contribution in [-0.2, 0) is 21.5 Å². The number of pyridine rings is 1. The van der Waals surface area contributed by atoms with Gasteiger partial charge in [0.2, 0.25) is 0 Å². The molecule has 4 aromatic carbocycles. The van der Waals surface area contributed by atoms with Crippen molar-refractivity contribution in [3.63, 3.8) is 0 Å². The Morgan fingerprint density at radius 2 is 1.48 bits per heavy atom. The zero-order valence-corrected chi connectivity index (χ0v) is 21.4. The summed E-state index contributed by atoms with van der Waals surface area (Å²) in [5.74, 6) is -0.539. The summed E-state index contributed by atoms with van der Waals surface area (Å²) in [6.45, 7) is -0.134. The molecule has 40 heavy (non-hydrogen) atoms. The lowest BCUT2D eigenvalue weighted by Gasteiger charge is -2.14. The molecular weight excluding hydrogens is 536 g/mol. The van der Waals surface area contributed by atoms with Gasteiger partial charge in [-0.25, -0.2) is 5.43 Å². The minimum Gasteiger partial charge on any atom is -0.378 e. The van der Waals surface area contributed by atoms with Crippen molar-refractivity contribution in [1.82, 2.24) is 9.99 Å². The van der Waals surface area contributed by atoms with Crippen LogP contribution in [0.3, 0.4) is 0 Å². The molecule has 1 N–H and O–H groups in total. The van der Waals surface area contributed by atoms with Crippen LogP contribution >= 0.6 is 0 Å². The molecular formula is C28H20N4O7S. The first-order valence-corrected chi connectivity index (χ1v) is 13.3. The quantitative estimate of drug-likeness (QED) is 0.0998. The maximum atomic E-state index is 12.9. The molecule has 0 aliphatic carbocycles. The number of fused-ring (bicyclic) bond motifs is 2. The van der Waals surface area contributed by atoms with Crippen LogP contribution in [0.15, 0.2) is 112 Å². The second kappa shape index (κ2) is 10.8. The van der Waals surface area contributed by atoms with Gasteiger partial charge in [-0.1, -0.05) is 36.4 Å². The number of hydrazone groups is 1. The number of carbonyl (C=O) groups is 1. The summed E-state index contributed by atoms with van der Waals surface area (Å²) < 4.78 is 32.4. The van der Waals surface area contributed by atoms with Gasteiger partial charge >= 0.3 is 10.1 Å². The molecule has 0 spiro atoms. The molecule has 0 saturated heterocycles. The second-order valence-electron chi connectivity index (χ2n) is 8.57. The summed E-state index contributed by atoms with van der Waals surface area (Å²) in [6, 6.07) is 24.4. The van der Waals surface area contributed by atoms with Crippen molar-refractivity contribution in [1.29, 1.82) is 0 Å². The van der Waals surface area contributed by atoms with Gasteiger partial charge in [0.25, 0.3) is 11.6 Å². The second-order valence-corrected chi connectivity index (χ2v) is 10.1. The van der Waals surface area contributed by atoms with Gasteiger partial charge in [-0.05, 0) is 48.5 Å². The number of benzene rings is 4. The van der Waals surface area contributed by atoms with E-state index in [4.69, 9.17) is 4.18 Å². The summed E-state index contributed by atoms with van der Waals surface area (Å²) in [5, 5.41) is 15.8. The zero-order chi connectivity index (χ0) is 28.3. The molecule has 0 bridgehead atoms. The van der Waals surface area contributed by atoms with Gasteiger partial charge in [0.1, 0.15) is 11.4 Å². The molecule has 5 aromatic rings. The third-order valence-corrected chi connectivity index (χ3v) is 7.28. The highest BCUT2D eigenvalue weighted by atomic mass is 32.2. The number of nitrogens with zero attached hydrogens (tertiary/aromatic N) is 3. The average molecular weight is 557 g/mol. The predicted octanol–water partition coefficient (Wildman–Crippen LogP) is 3.98. The van der Waals surface area contributed by atoms with Gasteiger partial charge in [0.05, 0.1) is 22.2 Å². The SMILES string of the molecule is O=C(Cn1c2ccccc2c(=O)c2ccccc21)N/N=C\c1ccccc1OS(=O)(=O)c1ccc([N+](=O)[O-])cc1. The molecule has 0 fully saturated rings. The van der Waals surface area contributed by atoms with E-state index in [0.29, 0.717) is 21.8 Å². The minimum absolute atomic E-state index is 0.0590. The molecule has 1 amide bonds. The molecule has 11 nitrogen and oxygen atoms in total. The number of rotatable bonds is 8. The smallest absolute Gasteiger partial charge is 0.339 e. The van der Waals surface area contributed by atoms with Crippen LogP contribution in [0.5, 0.6) is 5.75 Å². The number of para-hydroxylation sites is 3. The molecule has 1 aromatic heterocycles. The van der Waals surface area contributed by atoms with E-state index in [-0.39, 0.29) is 33.9 Å². The third-order valence-electron chi connectivity index (χ3n) is 6.03. The highest BCUT2D eigenvalue weighted by molar-refractivity contribution is 7.87. The summed E-state index contributed by atoms with van der Waals surface area (Å²) >= 11 is 0. The molecule has 0 aliphatic rings. The maximum Gasteiger partial charge on any atom is 0.339 e. The van der Waals surface area contributed by atoms with Crippen LogP contribution in [-0.4, -0.2) is 30.0 Å². The summed E-state index contributed by atoms with van der Waals surface area (Å²) in [4.78, 5) is 35.7. The van der Waals surface area contributed by atoms with Crippen molar-refractivity contribution in [2.24, 2.45) is 5.10 Å². The van der Waals surface area contributed by atoms with Crippen LogP contribution in [0.25, 0.3) is 21.8 Å². The van der Waals surface area contributed by atoms with E-state index >= 15 is 0 Å². The standard InChI is InChI=1S/C28H20N4O7S/c33-27(18-31-24-10-4-2-8-22(24)28(34)23-9-3-5-11-25(23)31)30-29-17-19-7-1-6-12-26(19)39-40(37,38)21-15-13-20(14-16-21)32(35)36/h1-17H,18H2,(H,30,33)/b29-17-. The van der Waals surface area contributed by atoms with E-state index in [1.54, 1.807) is 71.3 Å². The van der Waals surface area contributed by atoms with Crippen molar-refractivity contribution in [2.45, 2.75) is 11.4 Å². The van der Waals surface area contributed by atoms with Gasteiger partial charge in [-0.3, -0.25) is 19.7 Å². The third kappa shape index (κ3) is 5.28. The molecule has 0 saturated carbocycles. The van der Waals surface area contributed by atoms with E-state index in [9.17, 15) is 28.1 Å².